The SMILES string of the molecule is COC1=C(C)[C@@]2(C)C[C@@H](O)[C@@H]3[C@]4([C@@H](C)C[C@@]3(C)C2CC1=O)[C@@]12C[C@](C)(C[C@H](OC(C)=O)[C@]1(C)[C@@H](OC(=O)c1ccccc1)[C@@H](OC(C)=O)[C@]4(C)O)C(=O)O2. The number of rotatable bonds is 5. The summed E-state index contributed by atoms with van der Waals surface area (Å²) in [6, 6.07) is 8.22. The van der Waals surface area contributed by atoms with E-state index < -0.39 is 98.4 Å². The molecule has 2 N–H and O–H groups in total. The molecule has 5 fully saturated rings. The number of hydrogen-bond donors (Lipinski definition) is 2. The van der Waals surface area contributed by atoms with Crippen LogP contribution in [0, 0.1) is 44.8 Å². The van der Waals surface area contributed by atoms with Gasteiger partial charge in [0.25, 0.3) is 0 Å². The first kappa shape index (κ1) is 38.5. The first-order valence-electron chi connectivity index (χ1n) is 19.1. The zero-order valence-corrected chi connectivity index (χ0v) is 32.9. The fraction of sp³-hybridized carbons (Fsp3) is 0.690. The topological polar surface area (TPSA) is 172 Å². The van der Waals surface area contributed by atoms with Crippen molar-refractivity contribution in [2.45, 2.75) is 130 Å². The number of methoxy groups -OCH3 is 1. The minimum Gasteiger partial charge on any atom is -0.493 e. The van der Waals surface area contributed by atoms with Gasteiger partial charge in [-0.25, -0.2) is 4.79 Å². The predicted molar refractivity (Wildman–Crippen MR) is 191 cm³/mol. The van der Waals surface area contributed by atoms with Crippen LogP contribution in [-0.4, -0.2) is 82.6 Å². The number of esters is 4. The van der Waals surface area contributed by atoms with Crippen molar-refractivity contribution < 1.29 is 57.9 Å². The van der Waals surface area contributed by atoms with Crippen LogP contribution in [0.3, 0.4) is 0 Å². The molecule has 2 spiro atoms. The highest BCUT2D eigenvalue weighted by molar-refractivity contribution is 5.96. The summed E-state index contributed by atoms with van der Waals surface area (Å²) in [5.41, 5.74) is -8.98. The van der Waals surface area contributed by atoms with Gasteiger partial charge in [0, 0.05) is 39.0 Å². The molecule has 54 heavy (non-hydrogen) atoms. The second-order valence-electron chi connectivity index (χ2n) is 18.4. The van der Waals surface area contributed by atoms with E-state index in [0.29, 0.717) is 6.42 Å². The molecule has 1 heterocycles. The molecule has 1 aromatic rings. The van der Waals surface area contributed by atoms with Crippen molar-refractivity contribution >= 4 is 29.7 Å². The van der Waals surface area contributed by atoms with E-state index in [9.17, 15) is 34.2 Å². The monoisotopic (exact) mass is 750 g/mol. The molecule has 7 rings (SSSR count). The molecule has 6 aliphatic rings. The quantitative estimate of drug-likeness (QED) is 0.310. The third-order valence-electron chi connectivity index (χ3n) is 15.7. The Morgan fingerprint density at radius 3 is 2.11 bits per heavy atom. The lowest BCUT2D eigenvalue weighted by molar-refractivity contribution is -0.382. The van der Waals surface area contributed by atoms with Crippen molar-refractivity contribution in [3.8, 4) is 0 Å². The number of aliphatic hydroxyl groups excluding tert-OH is 1. The summed E-state index contributed by atoms with van der Waals surface area (Å²) in [6.45, 7) is 15.4. The van der Waals surface area contributed by atoms with Gasteiger partial charge in [-0.05, 0) is 80.9 Å². The van der Waals surface area contributed by atoms with Gasteiger partial charge in [0.1, 0.15) is 17.3 Å². The van der Waals surface area contributed by atoms with Crippen molar-refractivity contribution in [2.24, 2.45) is 44.8 Å². The molecule has 2 bridgehead atoms. The molecule has 14 atom stereocenters. The first-order valence-corrected chi connectivity index (χ1v) is 19.1. The van der Waals surface area contributed by atoms with Crippen molar-refractivity contribution in [3.05, 3.63) is 47.2 Å². The van der Waals surface area contributed by atoms with E-state index >= 15 is 0 Å². The molecule has 4 saturated carbocycles. The molecule has 1 aromatic carbocycles. The average molecular weight is 751 g/mol. The Morgan fingerprint density at radius 1 is 0.889 bits per heavy atom. The molecule has 294 valence electrons. The Bertz CT molecular complexity index is 1850. The fourth-order valence-electron chi connectivity index (χ4n) is 13.9. The van der Waals surface area contributed by atoms with Crippen LogP contribution >= 0.6 is 0 Å². The molecule has 0 amide bonds. The maximum Gasteiger partial charge on any atom is 0.338 e. The maximum atomic E-state index is 14.5. The Labute approximate surface area is 316 Å². The van der Waals surface area contributed by atoms with Gasteiger partial charge in [0.05, 0.1) is 35.0 Å². The number of benzene rings is 1. The molecule has 12 heteroatoms. The Hall–Kier alpha value is -3.77. The Kier molecular flexibility index (Phi) is 8.46. The Morgan fingerprint density at radius 2 is 1.52 bits per heavy atom. The summed E-state index contributed by atoms with van der Waals surface area (Å²) in [4.78, 5) is 68.5. The summed E-state index contributed by atoms with van der Waals surface area (Å²) in [7, 11) is 1.47. The average Bonchev–Trinajstić information content (AvgIpc) is 3.48. The van der Waals surface area contributed by atoms with Gasteiger partial charge in [-0.3, -0.25) is 19.2 Å². The summed E-state index contributed by atoms with van der Waals surface area (Å²) < 4.78 is 31.2. The van der Waals surface area contributed by atoms with Crippen LogP contribution in [0.25, 0.3) is 0 Å². The standard InChI is InChI=1S/C42H54O12/c1-21-17-38(7)28-16-26(45)30(50-10)22(2)37(28,6)18-27(46)31(38)42(21)40(9,49)33(52-24(4)44)32(53-34(47)25-14-12-11-13-15-25)39(8)29(51-23(3)43)19-36(5)20-41(39,42)54-35(36)48/h11-15,21,27-29,31-33,46,49H,16-20H2,1-10H3/t21-,27+,28?,29-,31-,32-,33+,36-,37+,38-,39+,40-,41+,42-/m0/s1. The van der Waals surface area contributed by atoms with Gasteiger partial charge in [-0.2, -0.15) is 0 Å². The zero-order chi connectivity index (χ0) is 39.8. The number of fused-ring (bicyclic) bond motifs is 5. The van der Waals surface area contributed by atoms with E-state index in [1.54, 1.807) is 44.2 Å². The van der Waals surface area contributed by atoms with Crippen molar-refractivity contribution in [1.29, 1.82) is 0 Å². The van der Waals surface area contributed by atoms with Crippen molar-refractivity contribution in [3.63, 3.8) is 0 Å². The number of aliphatic hydroxyl groups is 2. The van der Waals surface area contributed by atoms with Gasteiger partial charge < -0.3 is 33.9 Å². The predicted octanol–water partition coefficient (Wildman–Crippen LogP) is 4.87. The van der Waals surface area contributed by atoms with Crippen molar-refractivity contribution in [1.82, 2.24) is 0 Å². The van der Waals surface area contributed by atoms with Gasteiger partial charge >= 0.3 is 23.9 Å². The smallest absolute Gasteiger partial charge is 0.338 e. The lowest BCUT2D eigenvalue weighted by Gasteiger charge is -2.73. The minimum atomic E-state index is -2.15. The van der Waals surface area contributed by atoms with Crippen LogP contribution in [0.1, 0.15) is 105 Å². The number of ketones is 1. The first-order chi connectivity index (χ1) is 25.0. The highest BCUT2D eigenvalue weighted by atomic mass is 16.6. The third kappa shape index (κ3) is 4.46. The van der Waals surface area contributed by atoms with Gasteiger partial charge in [-0.15, -0.1) is 0 Å². The summed E-state index contributed by atoms with van der Waals surface area (Å²) in [6.07, 6.45) is -4.60. The number of carbonyl (C=O) groups is 5. The van der Waals surface area contributed by atoms with Crippen LogP contribution < -0.4 is 0 Å². The van der Waals surface area contributed by atoms with E-state index in [2.05, 4.69) is 0 Å². The van der Waals surface area contributed by atoms with Crippen LogP contribution in [0.5, 0.6) is 0 Å². The lowest BCUT2D eigenvalue weighted by Crippen LogP contribution is -2.86. The van der Waals surface area contributed by atoms with E-state index in [1.165, 1.54) is 27.9 Å². The molecule has 1 unspecified atom stereocenters. The lowest BCUT2D eigenvalue weighted by atomic mass is 9.33. The van der Waals surface area contributed by atoms with E-state index in [1.807, 2.05) is 27.7 Å². The number of carbonyl (C=O) groups excluding carboxylic acids is 5. The molecule has 1 saturated heterocycles. The van der Waals surface area contributed by atoms with E-state index in [-0.39, 0.29) is 48.7 Å². The number of hydrogen-bond acceptors (Lipinski definition) is 12. The minimum absolute atomic E-state index is 0.00587. The second kappa shape index (κ2) is 11.9. The van der Waals surface area contributed by atoms with E-state index in [4.69, 9.17) is 23.7 Å². The molecular formula is C42H54O12. The van der Waals surface area contributed by atoms with Gasteiger partial charge in [-0.1, -0.05) is 39.0 Å². The van der Waals surface area contributed by atoms with Gasteiger partial charge in [0.15, 0.2) is 23.8 Å². The van der Waals surface area contributed by atoms with E-state index in [0.717, 1.165) is 5.57 Å². The molecule has 0 radical (unpaired) electrons. The molecule has 0 aromatic heterocycles. The van der Waals surface area contributed by atoms with Crippen molar-refractivity contribution in [2.75, 3.05) is 7.11 Å². The van der Waals surface area contributed by atoms with Crippen LogP contribution in [0.2, 0.25) is 0 Å². The van der Waals surface area contributed by atoms with Crippen LogP contribution in [-0.2, 0) is 42.9 Å². The highest BCUT2D eigenvalue weighted by Crippen LogP contribution is 2.83. The molecule has 1 aliphatic heterocycles. The highest BCUT2D eigenvalue weighted by Gasteiger charge is 2.92. The zero-order valence-electron chi connectivity index (χ0n) is 32.9. The summed E-state index contributed by atoms with van der Waals surface area (Å²) >= 11 is 0. The normalized spacial score (nSPS) is 47.6. The fourth-order valence-corrected chi connectivity index (χ4v) is 13.9. The number of ether oxygens (including phenoxy) is 5. The van der Waals surface area contributed by atoms with Gasteiger partial charge in [0.2, 0.25) is 0 Å². The third-order valence-corrected chi connectivity index (χ3v) is 15.7. The second-order valence-corrected chi connectivity index (χ2v) is 18.4. The number of allylic oxidation sites excluding steroid dienone is 2. The molecule has 12 nitrogen and oxygen atoms in total. The largest absolute Gasteiger partial charge is 0.493 e. The Balaban J connectivity index is 1.54. The van der Waals surface area contributed by atoms with Crippen LogP contribution in [0.15, 0.2) is 41.7 Å². The molecule has 5 aliphatic carbocycles. The number of Topliss-reactive ketones (excluding diaryl/α,β-unsaturated/α-hetero) is 1. The molecular weight excluding hydrogens is 696 g/mol. The maximum absolute atomic E-state index is 14.5. The van der Waals surface area contributed by atoms with Crippen LogP contribution in [0.4, 0.5) is 0 Å². The summed E-state index contributed by atoms with van der Waals surface area (Å²) in [5.74, 6) is -4.37. The summed E-state index contributed by atoms with van der Waals surface area (Å²) in [5, 5.41) is 26.6.